The number of aryl methyl sites for hydroxylation is 1. The van der Waals surface area contributed by atoms with Gasteiger partial charge in [-0.25, -0.2) is 4.39 Å². The molecule has 0 spiro atoms. The molecule has 23 heavy (non-hydrogen) atoms. The SMILES string of the molecule is CCn1c(=O)c2cc(-c3ccc(F)cc3)nnc2n(CC)c1=S. The first-order valence-corrected chi connectivity index (χ1v) is 7.74. The summed E-state index contributed by atoms with van der Waals surface area (Å²) in [7, 11) is 0. The van der Waals surface area contributed by atoms with Gasteiger partial charge in [0.05, 0.1) is 11.1 Å². The highest BCUT2D eigenvalue weighted by molar-refractivity contribution is 7.71. The van der Waals surface area contributed by atoms with Gasteiger partial charge in [-0.1, -0.05) is 0 Å². The molecular formula is C16H15FN4OS. The number of rotatable bonds is 3. The quantitative estimate of drug-likeness (QED) is 0.692. The monoisotopic (exact) mass is 330 g/mol. The largest absolute Gasteiger partial charge is 0.301 e. The summed E-state index contributed by atoms with van der Waals surface area (Å²) < 4.78 is 16.8. The van der Waals surface area contributed by atoms with Crippen molar-refractivity contribution in [1.82, 2.24) is 19.3 Å². The Hall–Kier alpha value is -2.41. The highest BCUT2D eigenvalue weighted by Gasteiger charge is 2.12. The van der Waals surface area contributed by atoms with Crippen LogP contribution in [-0.2, 0) is 13.1 Å². The van der Waals surface area contributed by atoms with E-state index in [0.29, 0.717) is 40.2 Å². The van der Waals surface area contributed by atoms with Crippen molar-refractivity contribution in [1.29, 1.82) is 0 Å². The highest BCUT2D eigenvalue weighted by atomic mass is 32.1. The molecule has 1 aromatic carbocycles. The third kappa shape index (κ3) is 2.57. The van der Waals surface area contributed by atoms with Crippen molar-refractivity contribution < 1.29 is 4.39 Å². The molecule has 0 amide bonds. The van der Waals surface area contributed by atoms with Gasteiger partial charge in [-0.15, -0.1) is 10.2 Å². The number of hydrogen-bond acceptors (Lipinski definition) is 4. The van der Waals surface area contributed by atoms with Crippen LogP contribution in [0.5, 0.6) is 0 Å². The third-order valence-electron chi connectivity index (χ3n) is 3.74. The maximum atomic E-state index is 13.1. The molecule has 2 aromatic heterocycles. The van der Waals surface area contributed by atoms with Crippen LogP contribution in [0.4, 0.5) is 4.39 Å². The maximum Gasteiger partial charge on any atom is 0.263 e. The van der Waals surface area contributed by atoms with Gasteiger partial charge in [0, 0.05) is 18.7 Å². The van der Waals surface area contributed by atoms with Crippen molar-refractivity contribution >= 4 is 23.3 Å². The fourth-order valence-electron chi connectivity index (χ4n) is 2.54. The lowest BCUT2D eigenvalue weighted by molar-refractivity contribution is 0.626. The summed E-state index contributed by atoms with van der Waals surface area (Å²) in [6.07, 6.45) is 0. The molecular weight excluding hydrogens is 315 g/mol. The van der Waals surface area contributed by atoms with Crippen molar-refractivity contribution in [2.45, 2.75) is 26.9 Å². The molecule has 0 radical (unpaired) electrons. The molecule has 3 aromatic rings. The van der Waals surface area contributed by atoms with Crippen LogP contribution in [0.3, 0.4) is 0 Å². The Bertz CT molecular complexity index is 992. The molecule has 0 fully saturated rings. The standard InChI is InChI=1S/C16H15FN4OS/c1-3-20-14-12(15(22)21(4-2)16(20)23)9-13(18-19-14)10-5-7-11(17)8-6-10/h5-9H,3-4H2,1-2H3. The summed E-state index contributed by atoms with van der Waals surface area (Å²) in [6.45, 7) is 4.90. The Morgan fingerprint density at radius 1 is 1.09 bits per heavy atom. The number of halogens is 1. The number of aromatic nitrogens is 4. The molecule has 2 heterocycles. The fraction of sp³-hybridized carbons (Fsp3) is 0.250. The molecule has 0 aliphatic rings. The van der Waals surface area contributed by atoms with Gasteiger partial charge < -0.3 is 4.57 Å². The van der Waals surface area contributed by atoms with Crippen LogP contribution in [0.15, 0.2) is 35.1 Å². The minimum absolute atomic E-state index is 0.185. The fourth-order valence-corrected chi connectivity index (χ4v) is 2.96. The summed E-state index contributed by atoms with van der Waals surface area (Å²) in [5, 5.41) is 8.81. The van der Waals surface area contributed by atoms with E-state index in [-0.39, 0.29) is 11.4 Å². The second-order valence-electron chi connectivity index (χ2n) is 5.05. The smallest absolute Gasteiger partial charge is 0.263 e. The van der Waals surface area contributed by atoms with E-state index in [9.17, 15) is 9.18 Å². The first-order chi connectivity index (χ1) is 11.1. The average Bonchev–Trinajstić information content (AvgIpc) is 2.56. The van der Waals surface area contributed by atoms with Gasteiger partial charge in [0.1, 0.15) is 5.82 Å². The Labute approximate surface area is 137 Å². The van der Waals surface area contributed by atoms with Crippen LogP contribution in [0, 0.1) is 10.6 Å². The lowest BCUT2D eigenvalue weighted by atomic mass is 10.1. The van der Waals surface area contributed by atoms with E-state index in [4.69, 9.17) is 12.2 Å². The molecule has 0 aliphatic carbocycles. The van der Waals surface area contributed by atoms with Crippen molar-refractivity contribution in [2.75, 3.05) is 0 Å². The van der Waals surface area contributed by atoms with Gasteiger partial charge in [0.15, 0.2) is 10.4 Å². The lowest BCUT2D eigenvalue weighted by Crippen LogP contribution is -2.25. The van der Waals surface area contributed by atoms with Crippen molar-refractivity contribution in [3.8, 4) is 11.3 Å². The molecule has 0 N–H and O–H groups in total. The van der Waals surface area contributed by atoms with Crippen LogP contribution in [0.2, 0.25) is 0 Å². The molecule has 7 heteroatoms. The summed E-state index contributed by atoms with van der Waals surface area (Å²) in [5.74, 6) is -0.324. The zero-order chi connectivity index (χ0) is 16.6. The van der Waals surface area contributed by atoms with Gasteiger partial charge in [-0.05, 0) is 56.4 Å². The predicted octanol–water partition coefficient (Wildman–Crippen LogP) is 3.17. The normalized spacial score (nSPS) is 11.1. The van der Waals surface area contributed by atoms with E-state index in [1.807, 2.05) is 13.8 Å². The van der Waals surface area contributed by atoms with Gasteiger partial charge in [0.25, 0.3) is 5.56 Å². The summed E-state index contributed by atoms with van der Waals surface area (Å²) >= 11 is 5.36. The molecule has 118 valence electrons. The molecule has 0 aliphatic heterocycles. The summed E-state index contributed by atoms with van der Waals surface area (Å²) in [5.41, 5.74) is 1.51. The van der Waals surface area contributed by atoms with Crippen LogP contribution in [0.1, 0.15) is 13.8 Å². The average molecular weight is 330 g/mol. The van der Waals surface area contributed by atoms with E-state index < -0.39 is 0 Å². The topological polar surface area (TPSA) is 52.7 Å². The van der Waals surface area contributed by atoms with Gasteiger partial charge in [-0.3, -0.25) is 9.36 Å². The Morgan fingerprint density at radius 2 is 1.74 bits per heavy atom. The predicted molar refractivity (Wildman–Crippen MR) is 89.4 cm³/mol. The third-order valence-corrected chi connectivity index (χ3v) is 4.18. The minimum Gasteiger partial charge on any atom is -0.301 e. The van der Waals surface area contributed by atoms with E-state index in [1.54, 1.807) is 22.8 Å². The molecule has 3 rings (SSSR count). The van der Waals surface area contributed by atoms with E-state index in [2.05, 4.69) is 10.2 Å². The van der Waals surface area contributed by atoms with Gasteiger partial charge in [0.2, 0.25) is 0 Å². The zero-order valence-corrected chi connectivity index (χ0v) is 13.6. The second-order valence-corrected chi connectivity index (χ2v) is 5.42. The first-order valence-electron chi connectivity index (χ1n) is 7.33. The van der Waals surface area contributed by atoms with Gasteiger partial charge >= 0.3 is 0 Å². The Morgan fingerprint density at radius 3 is 2.35 bits per heavy atom. The lowest BCUT2D eigenvalue weighted by Gasteiger charge is -2.12. The summed E-state index contributed by atoms with van der Waals surface area (Å²) in [6, 6.07) is 7.61. The molecule has 0 bridgehead atoms. The van der Waals surface area contributed by atoms with Crippen molar-refractivity contribution in [2.24, 2.45) is 0 Å². The van der Waals surface area contributed by atoms with Crippen molar-refractivity contribution in [3.05, 3.63) is 51.3 Å². The number of nitrogens with zero attached hydrogens (tertiary/aromatic N) is 4. The van der Waals surface area contributed by atoms with Crippen LogP contribution in [0.25, 0.3) is 22.3 Å². The highest BCUT2D eigenvalue weighted by Crippen LogP contribution is 2.19. The first kappa shape index (κ1) is 15.5. The maximum absolute atomic E-state index is 13.1. The van der Waals surface area contributed by atoms with E-state index in [1.165, 1.54) is 16.7 Å². The Kier molecular flexibility index (Phi) is 4.04. The number of hydrogen-bond donors (Lipinski definition) is 0. The Balaban J connectivity index is 2.33. The van der Waals surface area contributed by atoms with Crippen molar-refractivity contribution in [3.63, 3.8) is 0 Å². The molecule has 0 unspecified atom stereocenters. The molecule has 0 saturated heterocycles. The van der Waals surface area contributed by atoms with E-state index in [0.717, 1.165) is 0 Å². The van der Waals surface area contributed by atoms with Crippen LogP contribution >= 0.6 is 12.2 Å². The zero-order valence-electron chi connectivity index (χ0n) is 12.8. The summed E-state index contributed by atoms with van der Waals surface area (Å²) in [4.78, 5) is 12.6. The second kappa shape index (κ2) is 6.00. The van der Waals surface area contributed by atoms with Crippen LogP contribution < -0.4 is 5.56 Å². The molecule has 5 nitrogen and oxygen atoms in total. The minimum atomic E-state index is -0.324. The molecule has 0 saturated carbocycles. The number of benzene rings is 1. The molecule has 0 atom stereocenters. The van der Waals surface area contributed by atoms with Gasteiger partial charge in [-0.2, -0.15) is 0 Å². The van der Waals surface area contributed by atoms with Crippen LogP contribution in [-0.4, -0.2) is 19.3 Å². The van der Waals surface area contributed by atoms with E-state index >= 15 is 0 Å². The number of fused-ring (bicyclic) bond motifs is 1.